The second-order valence-corrected chi connectivity index (χ2v) is 5.58. The first-order valence-electron chi connectivity index (χ1n) is 5.92. The van der Waals surface area contributed by atoms with Gasteiger partial charge in [0, 0.05) is 12.6 Å². The van der Waals surface area contributed by atoms with Gasteiger partial charge in [-0.05, 0) is 22.0 Å². The fraction of sp³-hybridized carbons (Fsp3) is 0.231. The number of alkyl halides is 1. The van der Waals surface area contributed by atoms with E-state index in [0.717, 1.165) is 6.20 Å². The Balaban J connectivity index is 2.49. The maximum absolute atomic E-state index is 13.7. The van der Waals surface area contributed by atoms with Crippen molar-refractivity contribution in [2.45, 2.75) is 18.6 Å². The van der Waals surface area contributed by atoms with E-state index in [9.17, 15) is 22.8 Å². The standard InChI is InChI=1S/C13H7BrF3NO3/c14-9-10(17)7(16)1-4-11(9)18(8-2-6(8)15)3-5(12(4)19)13(20)21/h1,3,6,8H,2H2,(H,20,21). The number of aromatic carboxylic acids is 1. The van der Waals surface area contributed by atoms with Crippen molar-refractivity contribution in [2.75, 3.05) is 0 Å². The highest BCUT2D eigenvalue weighted by atomic mass is 79.9. The minimum Gasteiger partial charge on any atom is -0.477 e. The van der Waals surface area contributed by atoms with Crippen LogP contribution in [0.1, 0.15) is 22.8 Å². The van der Waals surface area contributed by atoms with Gasteiger partial charge in [0.25, 0.3) is 0 Å². The average Bonchev–Trinajstić information content (AvgIpc) is 3.14. The van der Waals surface area contributed by atoms with Gasteiger partial charge in [0.1, 0.15) is 11.7 Å². The molecular weight excluding hydrogens is 355 g/mol. The SMILES string of the molecule is O=C(O)c1cn(C2CC2F)c2c(Br)c(F)c(F)cc2c1=O. The molecule has 2 unspecified atom stereocenters. The topological polar surface area (TPSA) is 59.3 Å². The van der Waals surface area contributed by atoms with Crippen molar-refractivity contribution in [3.63, 3.8) is 0 Å². The normalized spacial score (nSPS) is 20.8. The Hall–Kier alpha value is -1.83. The maximum Gasteiger partial charge on any atom is 0.341 e. The van der Waals surface area contributed by atoms with Crippen molar-refractivity contribution in [1.29, 1.82) is 0 Å². The molecule has 0 bridgehead atoms. The molecule has 0 aliphatic heterocycles. The minimum absolute atomic E-state index is 0.0472. The van der Waals surface area contributed by atoms with Crippen molar-refractivity contribution in [3.05, 3.63) is 44.2 Å². The molecule has 0 spiro atoms. The summed E-state index contributed by atoms with van der Waals surface area (Å²) >= 11 is 2.85. The van der Waals surface area contributed by atoms with Crippen LogP contribution in [-0.2, 0) is 0 Å². The van der Waals surface area contributed by atoms with E-state index in [1.807, 2.05) is 0 Å². The summed E-state index contributed by atoms with van der Waals surface area (Å²) in [7, 11) is 0. The highest BCUT2D eigenvalue weighted by Crippen LogP contribution is 2.42. The molecule has 1 aromatic carbocycles. The number of benzene rings is 1. The first-order valence-corrected chi connectivity index (χ1v) is 6.72. The Bertz CT molecular complexity index is 849. The summed E-state index contributed by atoms with van der Waals surface area (Å²) in [4.78, 5) is 23.2. The highest BCUT2D eigenvalue weighted by Gasteiger charge is 2.40. The number of hydrogen-bond acceptors (Lipinski definition) is 2. The van der Waals surface area contributed by atoms with E-state index in [-0.39, 0.29) is 21.8 Å². The van der Waals surface area contributed by atoms with E-state index in [1.54, 1.807) is 0 Å². The second-order valence-electron chi connectivity index (χ2n) is 4.79. The second kappa shape index (κ2) is 4.59. The zero-order valence-corrected chi connectivity index (χ0v) is 11.8. The summed E-state index contributed by atoms with van der Waals surface area (Å²) in [6, 6.07) is -0.0524. The summed E-state index contributed by atoms with van der Waals surface area (Å²) in [5.41, 5.74) is -1.60. The molecule has 1 aromatic heterocycles. The number of carboxylic acid groups (broad SMARTS) is 1. The number of carboxylic acids is 1. The predicted octanol–water partition coefficient (Wildman–Crippen LogP) is 3.02. The van der Waals surface area contributed by atoms with Crippen LogP contribution >= 0.6 is 15.9 Å². The molecule has 1 aliphatic rings. The van der Waals surface area contributed by atoms with Gasteiger partial charge >= 0.3 is 5.97 Å². The molecule has 0 radical (unpaired) electrons. The number of nitrogens with zero attached hydrogens (tertiary/aromatic N) is 1. The van der Waals surface area contributed by atoms with Gasteiger partial charge in [-0.2, -0.15) is 0 Å². The van der Waals surface area contributed by atoms with Gasteiger partial charge in [-0.3, -0.25) is 4.79 Å². The Morgan fingerprint density at radius 3 is 2.57 bits per heavy atom. The Labute approximate surface area is 123 Å². The first kappa shape index (κ1) is 14.1. The lowest BCUT2D eigenvalue weighted by Crippen LogP contribution is -2.20. The Morgan fingerprint density at radius 2 is 2.05 bits per heavy atom. The van der Waals surface area contributed by atoms with Crippen LogP contribution in [0.15, 0.2) is 21.5 Å². The molecule has 0 amide bonds. The van der Waals surface area contributed by atoms with Crippen LogP contribution in [0.25, 0.3) is 10.9 Å². The fourth-order valence-electron chi connectivity index (χ4n) is 2.27. The smallest absolute Gasteiger partial charge is 0.341 e. The van der Waals surface area contributed by atoms with Crippen LogP contribution < -0.4 is 5.43 Å². The number of aromatic nitrogens is 1. The van der Waals surface area contributed by atoms with Crippen molar-refractivity contribution in [3.8, 4) is 0 Å². The molecule has 1 aliphatic carbocycles. The number of fused-ring (bicyclic) bond motifs is 1. The highest BCUT2D eigenvalue weighted by molar-refractivity contribution is 9.10. The number of pyridine rings is 1. The molecule has 4 nitrogen and oxygen atoms in total. The van der Waals surface area contributed by atoms with Crippen LogP contribution in [0.4, 0.5) is 13.2 Å². The third-order valence-corrected chi connectivity index (χ3v) is 4.14. The van der Waals surface area contributed by atoms with Gasteiger partial charge < -0.3 is 9.67 Å². The molecule has 1 heterocycles. The van der Waals surface area contributed by atoms with Gasteiger partial charge in [-0.15, -0.1) is 0 Å². The lowest BCUT2D eigenvalue weighted by Gasteiger charge is -2.13. The average molecular weight is 362 g/mol. The Kier molecular flexibility index (Phi) is 3.09. The number of hydrogen-bond donors (Lipinski definition) is 1. The monoisotopic (exact) mass is 361 g/mol. The third kappa shape index (κ3) is 2.05. The lowest BCUT2D eigenvalue weighted by molar-refractivity contribution is 0.0694. The predicted molar refractivity (Wildman–Crippen MR) is 71.3 cm³/mol. The van der Waals surface area contributed by atoms with E-state index in [1.165, 1.54) is 4.57 Å². The van der Waals surface area contributed by atoms with Crippen LogP contribution in [0.2, 0.25) is 0 Å². The van der Waals surface area contributed by atoms with Gasteiger partial charge in [-0.1, -0.05) is 0 Å². The quantitative estimate of drug-likeness (QED) is 0.836. The third-order valence-electron chi connectivity index (χ3n) is 3.42. The summed E-state index contributed by atoms with van der Waals surface area (Å²) in [6.45, 7) is 0. The molecule has 2 aromatic rings. The molecule has 1 saturated carbocycles. The van der Waals surface area contributed by atoms with E-state index >= 15 is 0 Å². The van der Waals surface area contributed by atoms with E-state index in [0.29, 0.717) is 6.07 Å². The van der Waals surface area contributed by atoms with E-state index < -0.39 is 40.8 Å². The molecule has 21 heavy (non-hydrogen) atoms. The maximum atomic E-state index is 13.7. The van der Waals surface area contributed by atoms with Crippen molar-refractivity contribution in [2.24, 2.45) is 0 Å². The molecule has 1 N–H and O–H groups in total. The van der Waals surface area contributed by atoms with Gasteiger partial charge in [-0.25, -0.2) is 18.0 Å². The molecule has 2 atom stereocenters. The molecular formula is C13H7BrF3NO3. The number of carbonyl (C=O) groups is 1. The molecule has 110 valence electrons. The van der Waals surface area contributed by atoms with Crippen molar-refractivity contribution >= 4 is 32.8 Å². The van der Waals surface area contributed by atoms with Gasteiger partial charge in [0.15, 0.2) is 11.6 Å². The first-order chi connectivity index (χ1) is 9.82. The summed E-state index contributed by atoms with van der Waals surface area (Å²) < 4.78 is 41.3. The molecule has 0 saturated heterocycles. The summed E-state index contributed by atoms with van der Waals surface area (Å²) in [6.07, 6.45) is -0.112. The van der Waals surface area contributed by atoms with Crippen LogP contribution in [0.5, 0.6) is 0 Å². The Morgan fingerprint density at radius 1 is 1.43 bits per heavy atom. The molecule has 3 rings (SSSR count). The van der Waals surface area contributed by atoms with Crippen molar-refractivity contribution in [1.82, 2.24) is 4.57 Å². The van der Waals surface area contributed by atoms with Crippen LogP contribution in [0, 0.1) is 11.6 Å². The minimum atomic E-state index is -1.51. The lowest BCUT2D eigenvalue weighted by atomic mass is 10.1. The zero-order valence-electron chi connectivity index (χ0n) is 10.2. The number of rotatable bonds is 2. The molecule has 1 fully saturated rings. The van der Waals surface area contributed by atoms with E-state index in [2.05, 4.69) is 15.9 Å². The largest absolute Gasteiger partial charge is 0.477 e. The van der Waals surface area contributed by atoms with E-state index in [4.69, 9.17) is 5.11 Å². The van der Waals surface area contributed by atoms with Gasteiger partial charge in [0.05, 0.1) is 21.4 Å². The zero-order chi connectivity index (χ0) is 15.5. The number of halogens is 4. The van der Waals surface area contributed by atoms with Crippen LogP contribution in [-0.4, -0.2) is 21.8 Å². The molecule has 8 heteroatoms. The van der Waals surface area contributed by atoms with Crippen molar-refractivity contribution < 1.29 is 23.1 Å². The summed E-state index contributed by atoms with van der Waals surface area (Å²) in [5, 5.41) is 8.72. The fourth-order valence-corrected chi connectivity index (χ4v) is 2.88. The van der Waals surface area contributed by atoms with Gasteiger partial charge in [0.2, 0.25) is 5.43 Å². The summed E-state index contributed by atoms with van der Waals surface area (Å²) in [5.74, 6) is -4.00. The van der Waals surface area contributed by atoms with Crippen LogP contribution in [0.3, 0.4) is 0 Å².